The van der Waals surface area contributed by atoms with E-state index in [1.54, 1.807) is 0 Å². The first-order valence-corrected chi connectivity index (χ1v) is 11.1. The largest absolute Gasteiger partial charge is 0.463 e. The first-order chi connectivity index (χ1) is 15.0. The molecule has 4 N–H and O–H groups in total. The Kier molecular flexibility index (Phi) is 10.9. The Balaban J connectivity index is 2.16. The second-order valence-corrected chi connectivity index (χ2v) is 8.52. The summed E-state index contributed by atoms with van der Waals surface area (Å²) in [4.78, 5) is 22.4. The summed E-state index contributed by atoms with van der Waals surface area (Å²) in [6.45, 7) is 1.79. The third-order valence-corrected chi connectivity index (χ3v) is 5.86. The van der Waals surface area contributed by atoms with Gasteiger partial charge in [0.1, 0.15) is 43.2 Å². The molecule has 0 aromatic heterocycles. The molecule has 0 spiro atoms. The Morgan fingerprint density at radius 3 is 2.31 bits per heavy atom. The summed E-state index contributed by atoms with van der Waals surface area (Å²) in [7, 11) is 0. The molecule has 0 radical (unpaired) electrons. The van der Waals surface area contributed by atoms with Crippen LogP contribution < -0.4 is 0 Å². The quantitative estimate of drug-likeness (QED) is 0.147. The van der Waals surface area contributed by atoms with Crippen molar-refractivity contribution in [2.75, 3.05) is 25.6 Å². The average molecular weight is 503 g/mol. The van der Waals surface area contributed by atoms with Gasteiger partial charge in [0.2, 0.25) is 0 Å². The van der Waals surface area contributed by atoms with Crippen molar-refractivity contribution in [1.29, 1.82) is 0 Å². The zero-order valence-corrected chi connectivity index (χ0v) is 19.3. The van der Waals surface area contributed by atoms with E-state index in [0.717, 1.165) is 13.8 Å². The summed E-state index contributed by atoms with van der Waals surface area (Å²) in [5, 5.41) is 41.1. The highest BCUT2D eigenvalue weighted by molar-refractivity contribution is 7.84. The van der Waals surface area contributed by atoms with Gasteiger partial charge in [0.15, 0.2) is 18.7 Å². The molecule has 0 bridgehead atoms. The van der Waals surface area contributed by atoms with Gasteiger partial charge in [-0.1, -0.05) is 0 Å². The van der Waals surface area contributed by atoms with Gasteiger partial charge in [-0.25, -0.2) is 0 Å². The van der Waals surface area contributed by atoms with E-state index in [2.05, 4.69) is 25.3 Å². The van der Waals surface area contributed by atoms with E-state index in [1.165, 1.54) is 0 Å². The van der Waals surface area contributed by atoms with Gasteiger partial charge in [-0.3, -0.25) is 9.59 Å². The standard InChI is InChI=1S/C18H30O12S2/c1-7(19)25-4-10-12(21)14(23)15(24)17(29-10)30-16-13(22)11(28-8(2)20)5-27-18(16)26-3-9(32)6-31/h9-18,21-24,31-32H,3-6H2,1-2H3. The maximum Gasteiger partial charge on any atom is 0.303 e. The molecule has 2 rings (SSSR count). The maximum atomic E-state index is 11.3. The zero-order valence-electron chi connectivity index (χ0n) is 17.6. The topological polar surface area (TPSA) is 170 Å². The molecule has 2 heterocycles. The summed E-state index contributed by atoms with van der Waals surface area (Å²) < 4.78 is 32.2. The number of aliphatic hydroxyl groups is 4. The lowest BCUT2D eigenvalue weighted by Crippen LogP contribution is -2.63. The van der Waals surface area contributed by atoms with Crippen LogP contribution >= 0.6 is 25.3 Å². The van der Waals surface area contributed by atoms with Gasteiger partial charge in [0, 0.05) is 24.9 Å². The van der Waals surface area contributed by atoms with Gasteiger partial charge >= 0.3 is 11.9 Å². The van der Waals surface area contributed by atoms with Gasteiger partial charge in [-0.15, -0.1) is 0 Å². The SMILES string of the molecule is CC(=O)OCC1OC(OC2C(OCC(S)CS)OCC(OC(C)=O)C2O)C(O)C(O)C1O. The molecule has 2 aliphatic heterocycles. The predicted octanol–water partition coefficient (Wildman–Crippen LogP) is -2.36. The first-order valence-electron chi connectivity index (χ1n) is 9.91. The van der Waals surface area contributed by atoms with E-state index in [1.807, 2.05) is 0 Å². The Morgan fingerprint density at radius 2 is 1.72 bits per heavy atom. The van der Waals surface area contributed by atoms with Crippen LogP contribution in [0.4, 0.5) is 0 Å². The third-order valence-electron chi connectivity index (χ3n) is 4.80. The second-order valence-electron chi connectivity index (χ2n) is 7.43. The van der Waals surface area contributed by atoms with Crippen molar-refractivity contribution in [2.24, 2.45) is 0 Å². The second kappa shape index (κ2) is 12.7. The normalized spacial score (nSPS) is 38.7. The smallest absolute Gasteiger partial charge is 0.303 e. The molecule has 0 aromatic carbocycles. The van der Waals surface area contributed by atoms with E-state index in [9.17, 15) is 30.0 Å². The lowest BCUT2D eigenvalue weighted by atomic mass is 9.98. The number of ether oxygens (including phenoxy) is 6. The molecule has 12 nitrogen and oxygen atoms in total. The van der Waals surface area contributed by atoms with Crippen molar-refractivity contribution in [3.05, 3.63) is 0 Å². The van der Waals surface area contributed by atoms with Crippen LogP contribution in [0.25, 0.3) is 0 Å². The molecule has 0 saturated carbocycles. The van der Waals surface area contributed by atoms with Gasteiger partial charge in [0.25, 0.3) is 0 Å². The van der Waals surface area contributed by atoms with Gasteiger partial charge in [-0.2, -0.15) is 25.3 Å². The highest BCUT2D eigenvalue weighted by Gasteiger charge is 2.50. The minimum atomic E-state index is -1.73. The van der Waals surface area contributed by atoms with E-state index in [4.69, 9.17) is 28.4 Å². The van der Waals surface area contributed by atoms with Gasteiger partial charge < -0.3 is 48.8 Å². The van der Waals surface area contributed by atoms with Crippen molar-refractivity contribution in [1.82, 2.24) is 0 Å². The number of hydrogen-bond acceptors (Lipinski definition) is 14. The Labute approximate surface area is 195 Å². The molecule has 10 unspecified atom stereocenters. The molecule has 32 heavy (non-hydrogen) atoms. The number of aliphatic hydroxyl groups excluding tert-OH is 4. The van der Waals surface area contributed by atoms with E-state index in [-0.39, 0.29) is 18.5 Å². The number of thiol groups is 2. The lowest BCUT2D eigenvalue weighted by Gasteiger charge is -2.44. The van der Waals surface area contributed by atoms with Crippen molar-refractivity contribution in [2.45, 2.75) is 74.4 Å². The minimum Gasteiger partial charge on any atom is -0.463 e. The summed E-state index contributed by atoms with van der Waals surface area (Å²) >= 11 is 8.38. The van der Waals surface area contributed by atoms with Crippen LogP contribution in [0.3, 0.4) is 0 Å². The monoisotopic (exact) mass is 502 g/mol. The lowest BCUT2D eigenvalue weighted by molar-refractivity contribution is -0.357. The third kappa shape index (κ3) is 7.41. The molecule has 0 aliphatic carbocycles. The van der Waals surface area contributed by atoms with E-state index in [0.29, 0.717) is 5.75 Å². The Bertz CT molecular complexity index is 625. The summed E-state index contributed by atoms with van der Waals surface area (Å²) in [6, 6.07) is 0. The van der Waals surface area contributed by atoms with Gasteiger partial charge in [0.05, 0.1) is 13.2 Å². The van der Waals surface area contributed by atoms with Crippen molar-refractivity contribution >= 4 is 37.2 Å². The molecule has 10 atom stereocenters. The Hall–Kier alpha value is -0.680. The zero-order chi connectivity index (χ0) is 24.0. The number of rotatable bonds is 9. The van der Waals surface area contributed by atoms with Crippen molar-refractivity contribution < 1.29 is 58.4 Å². The van der Waals surface area contributed by atoms with Crippen molar-refractivity contribution in [3.8, 4) is 0 Å². The van der Waals surface area contributed by atoms with Crippen LogP contribution in [-0.2, 0) is 38.0 Å². The fourth-order valence-corrected chi connectivity index (χ4v) is 3.33. The van der Waals surface area contributed by atoms with Gasteiger partial charge in [-0.05, 0) is 0 Å². The van der Waals surface area contributed by atoms with E-state index < -0.39 is 73.9 Å². The van der Waals surface area contributed by atoms with Crippen molar-refractivity contribution in [3.63, 3.8) is 0 Å². The molecular formula is C18H30O12S2. The molecule has 0 aromatic rings. The number of carbonyl (C=O) groups excluding carboxylic acids is 2. The molecule has 2 saturated heterocycles. The van der Waals surface area contributed by atoms with E-state index >= 15 is 0 Å². The first kappa shape index (κ1) is 27.6. The number of carbonyl (C=O) groups is 2. The Morgan fingerprint density at radius 1 is 1.03 bits per heavy atom. The van der Waals surface area contributed by atoms with Crippen LogP contribution in [0.15, 0.2) is 0 Å². The fourth-order valence-electron chi connectivity index (χ4n) is 3.14. The van der Waals surface area contributed by atoms with Crippen LogP contribution in [0.2, 0.25) is 0 Å². The highest BCUT2D eigenvalue weighted by Crippen LogP contribution is 2.29. The van der Waals surface area contributed by atoms with Crippen LogP contribution in [0.1, 0.15) is 13.8 Å². The number of esters is 2. The van der Waals surface area contributed by atoms with Crippen LogP contribution in [0, 0.1) is 0 Å². The van der Waals surface area contributed by atoms with Crippen LogP contribution in [0.5, 0.6) is 0 Å². The molecule has 2 fully saturated rings. The highest BCUT2D eigenvalue weighted by atomic mass is 32.1. The molecule has 186 valence electrons. The average Bonchev–Trinajstić information content (AvgIpc) is 2.74. The minimum absolute atomic E-state index is 0.0760. The van der Waals surface area contributed by atoms with Crippen LogP contribution in [-0.4, -0.2) is 118 Å². The molecular weight excluding hydrogens is 472 g/mol. The fraction of sp³-hybridized carbons (Fsp3) is 0.889. The molecule has 0 amide bonds. The summed E-state index contributed by atoms with van der Waals surface area (Å²) in [5.74, 6) is -0.903. The number of hydrogen-bond donors (Lipinski definition) is 6. The maximum absolute atomic E-state index is 11.3. The molecule has 2 aliphatic rings. The predicted molar refractivity (Wildman–Crippen MR) is 112 cm³/mol. The molecule has 14 heteroatoms. The summed E-state index contributed by atoms with van der Waals surface area (Å²) in [6.07, 6.45) is -12.8. The summed E-state index contributed by atoms with van der Waals surface area (Å²) in [5.41, 5.74) is 0.